The summed E-state index contributed by atoms with van der Waals surface area (Å²) in [5, 5.41) is 25.5. The van der Waals surface area contributed by atoms with E-state index in [4.69, 9.17) is 29.3 Å². The van der Waals surface area contributed by atoms with E-state index in [2.05, 4.69) is 15.9 Å². The second-order valence-corrected chi connectivity index (χ2v) is 7.28. The fourth-order valence-electron chi connectivity index (χ4n) is 3.32. The van der Waals surface area contributed by atoms with E-state index in [1.807, 2.05) is 24.3 Å². The van der Waals surface area contributed by atoms with Crippen LogP contribution in [0.3, 0.4) is 0 Å². The number of carbonyl (C=O) groups is 2. The van der Waals surface area contributed by atoms with Gasteiger partial charge in [-0.3, -0.25) is 19.9 Å². The summed E-state index contributed by atoms with van der Waals surface area (Å²) in [5.74, 6) is -2.15. The standard InChI is InChI=1S/C20H25N3O4.C2H2O4/c1-26-19-8-5-17(13-20(19)27-2)15-22-11-9-21(10-12-22)14-16-3-6-18(7-4-16)23(24)25;3-1(4)2(5)6/h3-8,13H,9-12,14-15H2,1-2H3;(H,3,4)(H,5,6). The van der Waals surface area contributed by atoms with Gasteiger partial charge in [-0.2, -0.15) is 0 Å². The van der Waals surface area contributed by atoms with Gasteiger partial charge in [-0.1, -0.05) is 18.2 Å². The van der Waals surface area contributed by atoms with E-state index in [0.29, 0.717) is 0 Å². The average molecular weight is 461 g/mol. The van der Waals surface area contributed by atoms with Crippen molar-refractivity contribution in [2.24, 2.45) is 0 Å². The number of nitrogens with zero attached hydrogens (tertiary/aromatic N) is 3. The van der Waals surface area contributed by atoms with E-state index in [1.165, 1.54) is 5.56 Å². The lowest BCUT2D eigenvalue weighted by Crippen LogP contribution is -2.45. The summed E-state index contributed by atoms with van der Waals surface area (Å²) in [6, 6.07) is 12.9. The highest BCUT2D eigenvalue weighted by atomic mass is 16.6. The number of methoxy groups -OCH3 is 2. The van der Waals surface area contributed by atoms with E-state index >= 15 is 0 Å². The quantitative estimate of drug-likeness (QED) is 0.357. The number of hydrogen-bond acceptors (Lipinski definition) is 8. The molecule has 0 aliphatic carbocycles. The minimum absolute atomic E-state index is 0.137. The number of ether oxygens (including phenoxy) is 2. The third kappa shape index (κ3) is 8.05. The summed E-state index contributed by atoms with van der Waals surface area (Å²) < 4.78 is 10.7. The summed E-state index contributed by atoms with van der Waals surface area (Å²) in [4.78, 5) is 33.4. The summed E-state index contributed by atoms with van der Waals surface area (Å²) in [6.07, 6.45) is 0. The van der Waals surface area contributed by atoms with Gasteiger partial charge < -0.3 is 19.7 Å². The first-order valence-electron chi connectivity index (χ1n) is 10.1. The normalized spacial score (nSPS) is 14.0. The Morgan fingerprint density at radius 2 is 1.30 bits per heavy atom. The van der Waals surface area contributed by atoms with Gasteiger partial charge in [0, 0.05) is 51.4 Å². The maximum absolute atomic E-state index is 10.7. The Bertz CT molecular complexity index is 945. The van der Waals surface area contributed by atoms with Gasteiger partial charge in [0.2, 0.25) is 0 Å². The van der Waals surface area contributed by atoms with Crippen molar-refractivity contribution in [2.75, 3.05) is 40.4 Å². The summed E-state index contributed by atoms with van der Waals surface area (Å²) >= 11 is 0. The highest BCUT2D eigenvalue weighted by molar-refractivity contribution is 6.27. The van der Waals surface area contributed by atoms with Crippen LogP contribution in [0.1, 0.15) is 11.1 Å². The summed E-state index contributed by atoms with van der Waals surface area (Å²) in [7, 11) is 3.29. The molecule has 11 heteroatoms. The molecule has 0 spiro atoms. The van der Waals surface area contributed by atoms with Crippen molar-refractivity contribution in [3.8, 4) is 11.5 Å². The van der Waals surface area contributed by atoms with Gasteiger partial charge in [0.15, 0.2) is 11.5 Å². The Morgan fingerprint density at radius 1 is 0.848 bits per heavy atom. The number of hydrogen-bond donors (Lipinski definition) is 2. The van der Waals surface area contributed by atoms with Crippen LogP contribution < -0.4 is 9.47 Å². The van der Waals surface area contributed by atoms with Crippen molar-refractivity contribution in [1.82, 2.24) is 9.80 Å². The second kappa shape index (κ2) is 12.4. The Hall–Kier alpha value is -3.70. The predicted octanol–water partition coefficient (Wildman–Crippen LogP) is 2.09. The molecule has 33 heavy (non-hydrogen) atoms. The molecule has 1 fully saturated rings. The smallest absolute Gasteiger partial charge is 0.414 e. The molecule has 0 aromatic heterocycles. The number of aliphatic carboxylic acids is 2. The number of benzene rings is 2. The van der Waals surface area contributed by atoms with Crippen LogP contribution in [0, 0.1) is 10.1 Å². The number of carboxylic acids is 2. The Balaban J connectivity index is 0.000000569. The minimum atomic E-state index is -1.82. The van der Waals surface area contributed by atoms with Gasteiger partial charge in [0.05, 0.1) is 19.1 Å². The molecule has 2 aromatic rings. The molecule has 0 saturated carbocycles. The van der Waals surface area contributed by atoms with Gasteiger partial charge in [-0.25, -0.2) is 9.59 Å². The SMILES string of the molecule is COc1ccc(CN2CCN(Cc3ccc([N+](=O)[O-])cc3)CC2)cc1OC.O=C(O)C(=O)O. The van der Waals surface area contributed by atoms with Crippen molar-refractivity contribution in [3.05, 3.63) is 63.7 Å². The number of nitro benzene ring substituents is 1. The third-order valence-corrected chi connectivity index (χ3v) is 5.06. The van der Waals surface area contributed by atoms with Crippen LogP contribution in [-0.4, -0.2) is 77.3 Å². The van der Waals surface area contributed by atoms with E-state index in [9.17, 15) is 10.1 Å². The van der Waals surface area contributed by atoms with E-state index in [0.717, 1.165) is 56.3 Å². The van der Waals surface area contributed by atoms with Crippen molar-refractivity contribution >= 4 is 17.6 Å². The lowest BCUT2D eigenvalue weighted by molar-refractivity contribution is -0.384. The summed E-state index contributed by atoms with van der Waals surface area (Å²) in [5.41, 5.74) is 2.45. The lowest BCUT2D eigenvalue weighted by Gasteiger charge is -2.34. The maximum atomic E-state index is 10.7. The zero-order valence-electron chi connectivity index (χ0n) is 18.5. The second-order valence-electron chi connectivity index (χ2n) is 7.28. The van der Waals surface area contributed by atoms with Crippen molar-refractivity contribution in [1.29, 1.82) is 0 Å². The number of rotatable bonds is 7. The number of non-ortho nitro benzene ring substituents is 1. The molecule has 11 nitrogen and oxygen atoms in total. The monoisotopic (exact) mass is 461 g/mol. The van der Waals surface area contributed by atoms with Crippen LogP contribution in [0.15, 0.2) is 42.5 Å². The van der Waals surface area contributed by atoms with Gasteiger partial charge in [0.1, 0.15) is 0 Å². The Morgan fingerprint density at radius 3 is 1.73 bits per heavy atom. The van der Waals surface area contributed by atoms with Crippen LogP contribution in [0.25, 0.3) is 0 Å². The maximum Gasteiger partial charge on any atom is 0.414 e. The zero-order chi connectivity index (χ0) is 24.4. The molecule has 0 bridgehead atoms. The first-order valence-corrected chi connectivity index (χ1v) is 10.1. The lowest BCUT2D eigenvalue weighted by atomic mass is 10.1. The first kappa shape index (κ1) is 25.6. The minimum Gasteiger partial charge on any atom is -0.493 e. The molecular weight excluding hydrogens is 434 g/mol. The van der Waals surface area contributed by atoms with Gasteiger partial charge in [-0.05, 0) is 23.3 Å². The van der Waals surface area contributed by atoms with Gasteiger partial charge in [0.25, 0.3) is 5.69 Å². The molecule has 178 valence electrons. The van der Waals surface area contributed by atoms with Crippen LogP contribution in [0.4, 0.5) is 5.69 Å². The fraction of sp³-hybridized carbons (Fsp3) is 0.364. The number of nitro groups is 1. The van der Waals surface area contributed by atoms with Crippen molar-refractivity contribution in [2.45, 2.75) is 13.1 Å². The van der Waals surface area contributed by atoms with Crippen LogP contribution in [0.5, 0.6) is 11.5 Å². The first-order chi connectivity index (χ1) is 15.7. The van der Waals surface area contributed by atoms with Gasteiger partial charge >= 0.3 is 11.9 Å². The topological polar surface area (TPSA) is 143 Å². The molecule has 0 radical (unpaired) electrons. The van der Waals surface area contributed by atoms with E-state index in [1.54, 1.807) is 26.4 Å². The Kier molecular flexibility index (Phi) is 9.58. The number of piperazine rings is 1. The summed E-state index contributed by atoms with van der Waals surface area (Å²) in [6.45, 7) is 5.63. The highest BCUT2D eigenvalue weighted by Gasteiger charge is 2.18. The van der Waals surface area contributed by atoms with Gasteiger partial charge in [-0.15, -0.1) is 0 Å². The molecule has 0 amide bonds. The van der Waals surface area contributed by atoms with Crippen LogP contribution in [0.2, 0.25) is 0 Å². The molecule has 1 saturated heterocycles. The molecule has 1 aliphatic rings. The molecule has 1 heterocycles. The molecule has 0 unspecified atom stereocenters. The molecule has 1 aliphatic heterocycles. The molecular formula is C22H27N3O8. The van der Waals surface area contributed by atoms with E-state index in [-0.39, 0.29) is 10.6 Å². The zero-order valence-corrected chi connectivity index (χ0v) is 18.5. The van der Waals surface area contributed by atoms with Crippen molar-refractivity contribution in [3.63, 3.8) is 0 Å². The molecule has 2 aromatic carbocycles. The largest absolute Gasteiger partial charge is 0.493 e. The van der Waals surface area contributed by atoms with Crippen molar-refractivity contribution < 1.29 is 34.2 Å². The molecule has 2 N–H and O–H groups in total. The average Bonchev–Trinajstić information content (AvgIpc) is 2.81. The molecule has 3 rings (SSSR count). The van der Waals surface area contributed by atoms with E-state index < -0.39 is 11.9 Å². The number of carboxylic acid groups (broad SMARTS) is 2. The fourth-order valence-corrected chi connectivity index (χ4v) is 3.32. The predicted molar refractivity (Wildman–Crippen MR) is 118 cm³/mol. The highest BCUT2D eigenvalue weighted by Crippen LogP contribution is 2.28. The Labute approximate surface area is 190 Å². The third-order valence-electron chi connectivity index (χ3n) is 5.06. The van der Waals surface area contributed by atoms with Crippen LogP contribution in [-0.2, 0) is 22.7 Å². The molecule has 0 atom stereocenters. The van der Waals surface area contributed by atoms with Crippen LogP contribution >= 0.6 is 0 Å².